The van der Waals surface area contributed by atoms with Gasteiger partial charge in [-0.3, -0.25) is 0 Å². The van der Waals surface area contributed by atoms with Crippen molar-refractivity contribution in [1.82, 2.24) is 4.90 Å². The van der Waals surface area contributed by atoms with Gasteiger partial charge >= 0.3 is 26.2 Å². The summed E-state index contributed by atoms with van der Waals surface area (Å²) < 4.78 is 0. The van der Waals surface area contributed by atoms with Gasteiger partial charge in [-0.15, -0.1) is 20.3 Å². The van der Waals surface area contributed by atoms with Crippen molar-refractivity contribution < 1.29 is 26.2 Å². The van der Waals surface area contributed by atoms with Crippen molar-refractivity contribution in [2.24, 2.45) is 0 Å². The quantitative estimate of drug-likeness (QED) is 0.588. The molecule has 3 fully saturated rings. The Kier molecular flexibility index (Phi) is 18.0. The summed E-state index contributed by atoms with van der Waals surface area (Å²) in [5.41, 5.74) is 2.73. The van der Waals surface area contributed by atoms with Crippen LogP contribution in [0.2, 0.25) is 0 Å². The smallest absolute Gasteiger partial charge is 0.376 e. The molecule has 1 heterocycles. The third-order valence-corrected chi connectivity index (χ3v) is 3.97. The van der Waals surface area contributed by atoms with Gasteiger partial charge in [0.25, 0.3) is 0 Å². The van der Waals surface area contributed by atoms with Crippen molar-refractivity contribution in [2.75, 3.05) is 19.6 Å². The first-order valence-electron chi connectivity index (χ1n) is 8.95. The average molecular weight is 413 g/mol. The predicted octanol–water partition coefficient (Wildman–Crippen LogP) is 5.03. The largest absolute Gasteiger partial charge is 2.00 e. The second kappa shape index (κ2) is 17.7. The maximum Gasteiger partial charge on any atom is 2.00 e. The summed E-state index contributed by atoms with van der Waals surface area (Å²) in [6, 6.07) is 0. The number of hydrogen-bond donors (Lipinski definition) is 0. The number of piperidine rings is 1. The van der Waals surface area contributed by atoms with Gasteiger partial charge in [0.05, 0.1) is 0 Å². The maximum atomic E-state index is 3.29. The number of hydrogen-bond acceptors (Lipinski definition) is 1. The molecule has 3 rings (SSSR count). The van der Waals surface area contributed by atoms with Gasteiger partial charge in [0.2, 0.25) is 0 Å². The fourth-order valence-electron chi connectivity index (χ4n) is 2.54. The van der Waals surface area contributed by atoms with Crippen LogP contribution in [0.4, 0.5) is 0 Å². The van der Waals surface area contributed by atoms with Gasteiger partial charge in [0.1, 0.15) is 0 Å². The Labute approximate surface area is 177 Å². The summed E-state index contributed by atoms with van der Waals surface area (Å²) in [7, 11) is 0. The van der Waals surface area contributed by atoms with E-state index in [9.17, 15) is 0 Å². The molecule has 2 saturated carbocycles. The van der Waals surface area contributed by atoms with Gasteiger partial charge in [0, 0.05) is 0 Å². The number of allylic oxidation sites excluding steroid dienone is 2. The summed E-state index contributed by atoms with van der Waals surface area (Å²) in [6.07, 6.45) is 30.3. The Balaban J connectivity index is 0.000000425. The Morgan fingerprint density at radius 1 is 0.800 bits per heavy atom. The zero-order chi connectivity index (χ0) is 17.5. The van der Waals surface area contributed by atoms with E-state index in [1.54, 1.807) is 0 Å². The van der Waals surface area contributed by atoms with Crippen molar-refractivity contribution in [3.63, 3.8) is 0 Å². The van der Waals surface area contributed by atoms with Crippen molar-refractivity contribution in [1.29, 1.82) is 0 Å². The van der Waals surface area contributed by atoms with E-state index in [4.69, 9.17) is 0 Å². The monoisotopic (exact) mass is 411 g/mol. The minimum Gasteiger partial charge on any atom is -0.376 e. The van der Waals surface area contributed by atoms with Crippen LogP contribution >= 0.6 is 0 Å². The molecule has 25 heavy (non-hydrogen) atoms. The second-order valence-electron chi connectivity index (χ2n) is 5.76. The third kappa shape index (κ3) is 12.4. The summed E-state index contributed by atoms with van der Waals surface area (Å²) in [5.74, 6) is 0. The Hall–Kier alpha value is 0.323. The Morgan fingerprint density at radius 3 is 1.60 bits per heavy atom. The molecule has 2 aliphatic carbocycles. The van der Waals surface area contributed by atoms with Gasteiger partial charge in [-0.1, -0.05) is 19.9 Å². The zero-order valence-electron chi connectivity index (χ0n) is 16.0. The minimum absolute atomic E-state index is 0. The van der Waals surface area contributed by atoms with Crippen LogP contribution in [0.25, 0.3) is 0 Å². The Morgan fingerprint density at radius 2 is 1.24 bits per heavy atom. The van der Waals surface area contributed by atoms with Gasteiger partial charge in [-0.2, -0.15) is 0 Å². The normalized spacial score (nSPS) is 23.5. The van der Waals surface area contributed by atoms with Crippen molar-refractivity contribution in [2.45, 2.75) is 40.0 Å². The first-order chi connectivity index (χ1) is 11.8. The zero-order valence-corrected chi connectivity index (χ0v) is 18.4. The summed E-state index contributed by atoms with van der Waals surface area (Å²) in [4.78, 5) is 2.52. The number of nitrogens with zero attached hydrogens (tertiary/aromatic N) is 1. The molecule has 10 radical (unpaired) electrons. The number of likely N-dealkylation sites (tertiary alicyclic amines) is 1. The predicted molar refractivity (Wildman–Crippen MR) is 104 cm³/mol. The van der Waals surface area contributed by atoms with E-state index in [1.165, 1.54) is 37.1 Å². The van der Waals surface area contributed by atoms with E-state index in [0.29, 0.717) is 0 Å². The van der Waals surface area contributed by atoms with Crippen LogP contribution < -0.4 is 0 Å². The minimum atomic E-state index is 0. The molecule has 132 valence electrons. The van der Waals surface area contributed by atoms with E-state index in [1.807, 2.05) is 78.1 Å². The fourth-order valence-corrected chi connectivity index (χ4v) is 2.54. The molecule has 0 N–H and O–H groups in total. The standard InChI is InChI=1S/C13H21N.2C5H5.Zr/c1-4-7-9-14-10-8-12(5-2)13(6-3)11-14;2*1-2-4-5-3-1;/h4,7-11H2,1-3H3;2*1-5H;/q-2;;;+2. The molecule has 0 unspecified atom stereocenters. The fraction of sp³-hybridized carbons (Fsp3) is 0.391. The molecule has 0 aromatic heterocycles. The SMILES string of the molecule is C[C-]=C1CCN(CCCC)CC1=[C-]C.[CH]1[CH][CH][CH][CH]1.[CH]1[CH][CH][CH][CH]1.[Zr+2]. The summed E-state index contributed by atoms with van der Waals surface area (Å²) in [5, 5.41) is 0. The average Bonchev–Trinajstić information content (AvgIpc) is 3.38. The molecule has 1 aliphatic heterocycles. The van der Waals surface area contributed by atoms with E-state index in [-0.39, 0.29) is 26.2 Å². The first kappa shape index (κ1) is 25.3. The van der Waals surface area contributed by atoms with E-state index in [2.05, 4.69) is 24.0 Å². The van der Waals surface area contributed by atoms with Crippen LogP contribution in [0.5, 0.6) is 0 Å². The maximum absolute atomic E-state index is 3.29. The molecule has 0 amide bonds. The molecule has 0 aromatic carbocycles. The van der Waals surface area contributed by atoms with Gasteiger partial charge in [0.15, 0.2) is 0 Å². The second-order valence-corrected chi connectivity index (χ2v) is 5.76. The topological polar surface area (TPSA) is 3.24 Å². The molecule has 0 atom stereocenters. The van der Waals surface area contributed by atoms with Crippen LogP contribution in [-0.2, 0) is 26.2 Å². The molecule has 2 heteroatoms. The van der Waals surface area contributed by atoms with Crippen LogP contribution in [0.15, 0.2) is 11.1 Å². The van der Waals surface area contributed by atoms with Crippen molar-refractivity contribution in [3.8, 4) is 0 Å². The number of rotatable bonds is 3. The van der Waals surface area contributed by atoms with E-state index < -0.39 is 0 Å². The van der Waals surface area contributed by atoms with Crippen LogP contribution in [0, 0.1) is 76.4 Å². The Bertz CT molecular complexity index is 326. The molecule has 1 saturated heterocycles. The van der Waals surface area contributed by atoms with Crippen LogP contribution in [0.1, 0.15) is 40.0 Å². The number of unbranched alkanes of at least 4 members (excludes halogenated alkanes) is 1. The van der Waals surface area contributed by atoms with Crippen LogP contribution in [0.3, 0.4) is 0 Å². The first-order valence-corrected chi connectivity index (χ1v) is 8.95. The summed E-state index contributed by atoms with van der Waals surface area (Å²) >= 11 is 0. The molecular weight excluding hydrogens is 381 g/mol. The van der Waals surface area contributed by atoms with Gasteiger partial charge < -0.3 is 28.2 Å². The molecule has 0 aromatic rings. The van der Waals surface area contributed by atoms with Crippen molar-refractivity contribution >= 4 is 0 Å². The van der Waals surface area contributed by atoms with Gasteiger partial charge in [-0.05, 0) is 83.7 Å². The van der Waals surface area contributed by atoms with Crippen LogP contribution in [-0.4, -0.2) is 24.5 Å². The van der Waals surface area contributed by atoms with Crippen molar-refractivity contribution in [3.05, 3.63) is 87.5 Å². The molecule has 1 nitrogen and oxygen atoms in total. The molecule has 3 aliphatic rings. The van der Waals surface area contributed by atoms with E-state index in [0.717, 1.165) is 13.0 Å². The molecular formula is C23H31NZr. The molecule has 0 bridgehead atoms. The summed E-state index contributed by atoms with van der Waals surface area (Å²) in [6.45, 7) is 9.77. The third-order valence-electron chi connectivity index (χ3n) is 3.97. The van der Waals surface area contributed by atoms with Gasteiger partial charge in [-0.25, -0.2) is 0 Å². The van der Waals surface area contributed by atoms with E-state index >= 15 is 0 Å². The molecule has 0 spiro atoms.